The summed E-state index contributed by atoms with van der Waals surface area (Å²) in [5, 5.41) is 12.2. The highest BCUT2D eigenvalue weighted by Gasteiger charge is 2.20. The first-order valence-electron chi connectivity index (χ1n) is 11.0. The highest BCUT2D eigenvalue weighted by atomic mass is 35.5. The van der Waals surface area contributed by atoms with Gasteiger partial charge in [-0.25, -0.2) is 9.59 Å². The van der Waals surface area contributed by atoms with Gasteiger partial charge in [-0.3, -0.25) is 9.36 Å². The zero-order valence-corrected chi connectivity index (χ0v) is 22.0. The molecule has 1 heterocycles. The maximum absolute atomic E-state index is 12.7. The number of halogens is 1. The Labute approximate surface area is 222 Å². The molecule has 1 unspecified atom stereocenters. The van der Waals surface area contributed by atoms with E-state index in [4.69, 9.17) is 25.8 Å². The van der Waals surface area contributed by atoms with E-state index in [0.717, 1.165) is 11.8 Å². The molecule has 0 bridgehead atoms. The van der Waals surface area contributed by atoms with Crippen LogP contribution >= 0.6 is 23.4 Å². The third-order valence-corrected chi connectivity index (χ3v) is 6.12. The highest BCUT2D eigenvalue weighted by Crippen LogP contribution is 2.26. The van der Waals surface area contributed by atoms with Gasteiger partial charge in [-0.2, -0.15) is 0 Å². The molecule has 0 saturated carbocycles. The molecule has 0 radical (unpaired) electrons. The third kappa shape index (κ3) is 7.34. The number of ether oxygens (including phenoxy) is 3. The quantitative estimate of drug-likeness (QED) is 0.210. The van der Waals surface area contributed by atoms with E-state index < -0.39 is 18.0 Å². The lowest BCUT2D eigenvalue weighted by molar-refractivity contribution is -0.113. The van der Waals surface area contributed by atoms with Crippen molar-refractivity contribution in [3.05, 3.63) is 77.1 Å². The van der Waals surface area contributed by atoms with Gasteiger partial charge in [-0.15, -0.1) is 16.8 Å². The number of aromatic nitrogens is 3. The lowest BCUT2D eigenvalue weighted by Crippen LogP contribution is -2.17. The number of carbonyl (C=O) groups is 3. The van der Waals surface area contributed by atoms with E-state index in [2.05, 4.69) is 22.1 Å². The summed E-state index contributed by atoms with van der Waals surface area (Å²) < 4.78 is 17.2. The van der Waals surface area contributed by atoms with Gasteiger partial charge in [0.25, 0.3) is 0 Å². The Balaban J connectivity index is 1.72. The average molecular weight is 545 g/mol. The Morgan fingerprint density at radius 2 is 1.78 bits per heavy atom. The predicted octanol–water partition coefficient (Wildman–Crippen LogP) is 4.56. The second-order valence-corrected chi connectivity index (χ2v) is 8.96. The number of benzene rings is 2. The molecule has 0 aliphatic carbocycles. The highest BCUT2D eigenvalue weighted by molar-refractivity contribution is 7.99. The molecule has 1 amide bonds. The SMILES string of the molecule is C=CCn1c(SCC(=O)Nc2cc(C(=O)OC)cc(C(=O)OC)c2)nnc1C(C)Oc1cccc(Cl)c1. The first-order chi connectivity index (χ1) is 17.7. The number of nitrogens with zero attached hydrogens (tertiary/aromatic N) is 3. The molecule has 10 nitrogen and oxygen atoms in total. The number of rotatable bonds is 11. The minimum absolute atomic E-state index is 0.0190. The van der Waals surface area contributed by atoms with Crippen LogP contribution in [0.3, 0.4) is 0 Å². The van der Waals surface area contributed by atoms with Crippen molar-refractivity contribution in [3.8, 4) is 5.75 Å². The summed E-state index contributed by atoms with van der Waals surface area (Å²) in [6.45, 7) is 6.02. The van der Waals surface area contributed by atoms with Crippen molar-refractivity contribution in [1.82, 2.24) is 14.8 Å². The minimum atomic E-state index is -0.658. The predicted molar refractivity (Wildman–Crippen MR) is 139 cm³/mol. The van der Waals surface area contributed by atoms with Crippen LogP contribution in [-0.2, 0) is 20.8 Å². The van der Waals surface area contributed by atoms with E-state index in [1.54, 1.807) is 34.9 Å². The van der Waals surface area contributed by atoms with Crippen molar-refractivity contribution in [2.24, 2.45) is 0 Å². The third-order valence-electron chi connectivity index (χ3n) is 4.92. The fourth-order valence-corrected chi connectivity index (χ4v) is 4.24. The summed E-state index contributed by atoms with van der Waals surface area (Å²) in [4.78, 5) is 36.7. The van der Waals surface area contributed by atoms with Crippen molar-refractivity contribution in [1.29, 1.82) is 0 Å². The van der Waals surface area contributed by atoms with Gasteiger partial charge in [0, 0.05) is 17.3 Å². The maximum atomic E-state index is 12.7. The van der Waals surface area contributed by atoms with E-state index in [-0.39, 0.29) is 28.5 Å². The smallest absolute Gasteiger partial charge is 0.337 e. The number of thioether (sulfide) groups is 1. The number of allylic oxidation sites excluding steroid dienone is 1. The summed E-state index contributed by atoms with van der Waals surface area (Å²) in [6.07, 6.45) is 1.24. The Bertz CT molecular complexity index is 1280. The Hall–Kier alpha value is -3.83. The zero-order valence-electron chi connectivity index (χ0n) is 20.4. The standard InChI is InChI=1S/C25H25ClN4O6S/c1-5-9-30-22(15(2)36-20-8-6-7-18(26)13-20)28-29-25(30)37-14-21(31)27-19-11-16(23(32)34-3)10-17(12-19)24(33)35-4/h5-8,10-13,15H,1,9,14H2,2-4H3,(H,27,31). The topological polar surface area (TPSA) is 122 Å². The fraction of sp³-hybridized carbons (Fsp3) is 0.240. The molecule has 0 aliphatic heterocycles. The lowest BCUT2D eigenvalue weighted by atomic mass is 10.1. The molecule has 3 rings (SSSR count). The number of hydrogen-bond acceptors (Lipinski definition) is 9. The monoisotopic (exact) mass is 544 g/mol. The summed E-state index contributed by atoms with van der Waals surface area (Å²) >= 11 is 7.20. The van der Waals surface area contributed by atoms with E-state index >= 15 is 0 Å². The second kappa shape index (κ2) is 12.9. The van der Waals surface area contributed by atoms with Crippen LogP contribution in [0.15, 0.2) is 60.3 Å². The largest absolute Gasteiger partial charge is 0.483 e. The molecule has 0 fully saturated rings. The van der Waals surface area contributed by atoms with Crippen molar-refractivity contribution in [2.45, 2.75) is 24.7 Å². The zero-order chi connectivity index (χ0) is 26.9. The number of carbonyl (C=O) groups excluding carboxylic acids is 3. The van der Waals surface area contributed by atoms with Crippen molar-refractivity contribution >= 4 is 46.9 Å². The summed E-state index contributed by atoms with van der Waals surface area (Å²) in [6, 6.07) is 11.2. The molecule has 1 aromatic heterocycles. The molecule has 12 heteroatoms. The second-order valence-electron chi connectivity index (χ2n) is 7.58. The van der Waals surface area contributed by atoms with Crippen LogP contribution in [0.2, 0.25) is 5.02 Å². The fourth-order valence-electron chi connectivity index (χ4n) is 3.30. The van der Waals surface area contributed by atoms with Crippen LogP contribution in [-0.4, -0.2) is 52.6 Å². The van der Waals surface area contributed by atoms with E-state index in [1.807, 2.05) is 6.92 Å². The van der Waals surface area contributed by atoms with Gasteiger partial charge in [-0.1, -0.05) is 35.5 Å². The van der Waals surface area contributed by atoms with Gasteiger partial charge >= 0.3 is 11.9 Å². The number of anilines is 1. The summed E-state index contributed by atoms with van der Waals surface area (Å²) in [5.41, 5.74) is 0.431. The molecule has 37 heavy (non-hydrogen) atoms. The van der Waals surface area contributed by atoms with Gasteiger partial charge in [0.1, 0.15) is 5.75 Å². The van der Waals surface area contributed by atoms with Gasteiger partial charge in [-0.05, 0) is 43.3 Å². The number of methoxy groups -OCH3 is 2. The van der Waals surface area contributed by atoms with Gasteiger partial charge < -0.3 is 19.5 Å². The van der Waals surface area contributed by atoms with Crippen LogP contribution in [0.4, 0.5) is 5.69 Å². The number of esters is 2. The van der Waals surface area contributed by atoms with Crippen molar-refractivity contribution in [3.63, 3.8) is 0 Å². The summed E-state index contributed by atoms with van der Waals surface area (Å²) in [7, 11) is 2.44. The molecule has 0 spiro atoms. The van der Waals surface area contributed by atoms with Crippen molar-refractivity contribution < 1.29 is 28.6 Å². The van der Waals surface area contributed by atoms with E-state index in [1.165, 1.54) is 32.4 Å². The number of amides is 1. The first-order valence-corrected chi connectivity index (χ1v) is 12.3. The average Bonchev–Trinajstić information content (AvgIpc) is 3.29. The van der Waals surface area contributed by atoms with Crippen LogP contribution in [0.1, 0.15) is 39.6 Å². The Kier molecular flexibility index (Phi) is 9.70. The van der Waals surface area contributed by atoms with E-state index in [0.29, 0.717) is 28.3 Å². The molecule has 1 atom stereocenters. The lowest BCUT2D eigenvalue weighted by Gasteiger charge is -2.16. The van der Waals surface area contributed by atoms with Crippen LogP contribution in [0.5, 0.6) is 5.75 Å². The molecule has 0 aliphatic rings. The van der Waals surface area contributed by atoms with Crippen molar-refractivity contribution in [2.75, 3.05) is 25.3 Å². The molecule has 0 saturated heterocycles. The van der Waals surface area contributed by atoms with Crippen LogP contribution in [0.25, 0.3) is 0 Å². The molecule has 1 N–H and O–H groups in total. The Morgan fingerprint density at radius 3 is 2.38 bits per heavy atom. The molecule has 2 aromatic carbocycles. The molecular formula is C25H25ClN4O6S. The molecule has 3 aromatic rings. The number of hydrogen-bond donors (Lipinski definition) is 1. The molecular weight excluding hydrogens is 520 g/mol. The van der Waals surface area contributed by atoms with E-state index in [9.17, 15) is 14.4 Å². The van der Waals surface area contributed by atoms with Crippen LogP contribution < -0.4 is 10.1 Å². The van der Waals surface area contributed by atoms with Gasteiger partial charge in [0.15, 0.2) is 17.1 Å². The van der Waals surface area contributed by atoms with Crippen LogP contribution in [0, 0.1) is 0 Å². The van der Waals surface area contributed by atoms with Gasteiger partial charge in [0.2, 0.25) is 5.91 Å². The normalized spacial score (nSPS) is 11.4. The maximum Gasteiger partial charge on any atom is 0.337 e. The molecule has 194 valence electrons. The first kappa shape index (κ1) is 27.8. The van der Waals surface area contributed by atoms with Gasteiger partial charge in [0.05, 0.1) is 31.1 Å². The number of nitrogens with one attached hydrogen (secondary N) is 1. The summed E-state index contributed by atoms with van der Waals surface area (Å²) in [5.74, 6) is -0.585. The minimum Gasteiger partial charge on any atom is -0.483 e. The Morgan fingerprint density at radius 1 is 1.11 bits per heavy atom.